The average molecular weight is 537 g/mol. The Bertz CT molecular complexity index is 1400. The van der Waals surface area contributed by atoms with E-state index in [1.54, 1.807) is 85.0 Å². The van der Waals surface area contributed by atoms with Gasteiger partial charge in [-0.05, 0) is 12.1 Å². The molecule has 0 amide bonds. The molecule has 2 aliphatic rings. The lowest BCUT2D eigenvalue weighted by atomic mass is 9.76. The molecule has 0 saturated carbocycles. The van der Waals surface area contributed by atoms with Crippen LogP contribution in [0.4, 0.5) is 16.2 Å². The van der Waals surface area contributed by atoms with Crippen molar-refractivity contribution in [1.82, 2.24) is 0 Å². The van der Waals surface area contributed by atoms with E-state index in [9.17, 15) is 25.0 Å². The summed E-state index contributed by atoms with van der Waals surface area (Å²) in [4.78, 5) is 34.2. The highest BCUT2D eigenvalue weighted by atomic mass is 16.7. The van der Waals surface area contributed by atoms with Crippen molar-refractivity contribution in [3.63, 3.8) is 0 Å². The molecule has 0 aromatic heterocycles. The molecule has 0 N–H and O–H groups in total. The maximum atomic E-state index is 12.2. The predicted octanol–water partition coefficient (Wildman–Crippen LogP) is 5.58. The maximum absolute atomic E-state index is 12.2. The summed E-state index contributed by atoms with van der Waals surface area (Å²) < 4.78 is 10.5. The number of nitro groups is 2. The predicted molar refractivity (Wildman–Crippen MR) is 148 cm³/mol. The first kappa shape index (κ1) is 27.6. The molecule has 2 aromatic carbocycles. The van der Waals surface area contributed by atoms with E-state index >= 15 is 0 Å². The van der Waals surface area contributed by atoms with Crippen LogP contribution in [0.5, 0.6) is 0 Å². The molecule has 4 rings (SSSR count). The first-order valence-corrected chi connectivity index (χ1v) is 12.2. The SMILES string of the molecule is C#CC1(c2ccccc2[N+](=O)[O-])C=CC(COC(=O)OCC2C=CC(C#C)(c3ccccc3[N+](=O)[O-])C=C2)C=C1. The van der Waals surface area contributed by atoms with E-state index in [2.05, 4.69) is 11.8 Å². The minimum absolute atomic E-state index is 0.0163. The molecule has 0 aliphatic heterocycles. The van der Waals surface area contributed by atoms with Crippen molar-refractivity contribution in [3.8, 4) is 24.7 Å². The Kier molecular flexibility index (Phi) is 7.97. The lowest BCUT2D eigenvalue weighted by Gasteiger charge is -2.26. The van der Waals surface area contributed by atoms with Crippen LogP contribution in [0.15, 0.2) is 97.1 Å². The topological polar surface area (TPSA) is 122 Å². The standard InChI is InChI=1S/C31H24N2O7/c1-3-30(25-9-5-7-11-27(25)32(35)36)17-13-23(14-18-30)21-39-29(34)40-22-24-15-19-31(4-2,20-16-24)26-10-6-8-12-28(26)33(37)38/h1-2,5-20,23-24H,21-22H2. The zero-order valence-electron chi connectivity index (χ0n) is 21.2. The molecule has 0 heterocycles. The second-order valence-electron chi connectivity index (χ2n) is 9.21. The number of terminal acetylenes is 2. The molecule has 0 unspecified atom stereocenters. The monoisotopic (exact) mass is 536 g/mol. The second-order valence-corrected chi connectivity index (χ2v) is 9.21. The van der Waals surface area contributed by atoms with Crippen molar-refractivity contribution in [2.75, 3.05) is 13.2 Å². The lowest BCUT2D eigenvalue weighted by molar-refractivity contribution is -0.385. The summed E-state index contributed by atoms with van der Waals surface area (Å²) in [7, 11) is 0. The Hall–Kier alpha value is -5.41. The second kappa shape index (κ2) is 11.5. The van der Waals surface area contributed by atoms with Crippen LogP contribution < -0.4 is 0 Å². The fourth-order valence-electron chi connectivity index (χ4n) is 4.61. The van der Waals surface area contributed by atoms with Gasteiger partial charge in [-0.1, -0.05) is 84.7 Å². The summed E-state index contributed by atoms with van der Waals surface area (Å²) in [5, 5.41) is 22.9. The normalized spacial score (nSPS) is 24.4. The van der Waals surface area contributed by atoms with Crippen LogP contribution in [-0.2, 0) is 20.3 Å². The number of nitro benzene ring substituents is 2. The first-order chi connectivity index (χ1) is 19.2. The molecule has 9 heteroatoms. The molecule has 2 aromatic rings. The van der Waals surface area contributed by atoms with E-state index in [0.717, 1.165) is 0 Å². The number of allylic oxidation sites excluding steroid dienone is 4. The van der Waals surface area contributed by atoms with Crippen LogP contribution in [0.3, 0.4) is 0 Å². The van der Waals surface area contributed by atoms with Gasteiger partial charge in [0, 0.05) is 24.0 Å². The van der Waals surface area contributed by atoms with Crippen LogP contribution in [0.1, 0.15) is 11.1 Å². The van der Waals surface area contributed by atoms with Gasteiger partial charge in [0.05, 0.1) is 31.8 Å². The van der Waals surface area contributed by atoms with Crippen LogP contribution in [0.25, 0.3) is 0 Å². The lowest BCUT2D eigenvalue weighted by Crippen LogP contribution is -2.25. The zero-order chi connectivity index (χ0) is 28.8. The van der Waals surface area contributed by atoms with Crippen molar-refractivity contribution >= 4 is 17.5 Å². The third-order valence-electron chi connectivity index (χ3n) is 6.78. The minimum atomic E-state index is -1.09. The fourth-order valence-corrected chi connectivity index (χ4v) is 4.61. The van der Waals surface area contributed by atoms with Gasteiger partial charge in [-0.15, -0.1) is 12.8 Å². The summed E-state index contributed by atoms with van der Waals surface area (Å²) in [6, 6.07) is 12.5. The van der Waals surface area contributed by atoms with Crippen molar-refractivity contribution < 1.29 is 24.1 Å². The summed E-state index contributed by atoms with van der Waals surface area (Å²) >= 11 is 0. The third-order valence-corrected chi connectivity index (χ3v) is 6.78. The number of ether oxygens (including phenoxy) is 2. The van der Waals surface area contributed by atoms with Crippen molar-refractivity contribution in [1.29, 1.82) is 0 Å². The molecule has 0 atom stereocenters. The summed E-state index contributed by atoms with van der Waals surface area (Å²) in [6.45, 7) is -0.0326. The van der Waals surface area contributed by atoms with E-state index < -0.39 is 26.8 Å². The summed E-state index contributed by atoms with van der Waals surface area (Å²) in [5.74, 6) is 4.66. The number of benzene rings is 2. The number of nitrogens with zero attached hydrogens (tertiary/aromatic N) is 2. The fraction of sp³-hybridized carbons (Fsp3) is 0.194. The Labute approximate surface area is 230 Å². The van der Waals surface area contributed by atoms with Crippen LogP contribution in [-0.4, -0.2) is 29.2 Å². The van der Waals surface area contributed by atoms with Gasteiger partial charge in [-0.2, -0.15) is 0 Å². The van der Waals surface area contributed by atoms with E-state index in [4.69, 9.17) is 22.3 Å². The van der Waals surface area contributed by atoms with Gasteiger partial charge in [-0.3, -0.25) is 20.2 Å². The molecule has 2 aliphatic carbocycles. The molecular weight excluding hydrogens is 512 g/mol. The Morgan fingerprint density at radius 3 is 1.40 bits per heavy atom. The van der Waals surface area contributed by atoms with E-state index in [-0.39, 0.29) is 36.4 Å². The number of hydrogen-bond acceptors (Lipinski definition) is 7. The average Bonchev–Trinajstić information content (AvgIpc) is 2.99. The summed E-state index contributed by atoms with van der Waals surface area (Å²) in [5.41, 5.74) is -1.60. The van der Waals surface area contributed by atoms with Gasteiger partial charge in [0.15, 0.2) is 0 Å². The molecule has 40 heavy (non-hydrogen) atoms. The zero-order valence-corrected chi connectivity index (χ0v) is 21.2. The smallest absolute Gasteiger partial charge is 0.433 e. The molecule has 9 nitrogen and oxygen atoms in total. The first-order valence-electron chi connectivity index (χ1n) is 12.2. The molecule has 200 valence electrons. The van der Waals surface area contributed by atoms with Crippen molar-refractivity contribution in [3.05, 3.63) is 128 Å². The molecule has 0 fully saturated rings. The molecule has 0 spiro atoms. The number of carbonyl (C=O) groups excluding carboxylic acids is 1. The Morgan fingerprint density at radius 2 is 1.07 bits per heavy atom. The summed E-state index contributed by atoms with van der Waals surface area (Å²) in [6.07, 6.45) is 24.3. The number of rotatable bonds is 8. The number of hydrogen-bond donors (Lipinski definition) is 0. The Morgan fingerprint density at radius 1 is 0.725 bits per heavy atom. The number of para-hydroxylation sites is 2. The van der Waals surface area contributed by atoms with Crippen LogP contribution in [0, 0.1) is 56.8 Å². The van der Waals surface area contributed by atoms with E-state index in [1.807, 2.05) is 0 Å². The molecule has 0 saturated heterocycles. The largest absolute Gasteiger partial charge is 0.508 e. The van der Waals surface area contributed by atoms with E-state index in [1.165, 1.54) is 12.1 Å². The molecule has 0 bridgehead atoms. The van der Waals surface area contributed by atoms with Crippen LogP contribution >= 0.6 is 0 Å². The van der Waals surface area contributed by atoms with Gasteiger partial charge in [0.2, 0.25) is 0 Å². The van der Waals surface area contributed by atoms with Gasteiger partial charge in [-0.25, -0.2) is 4.79 Å². The number of carbonyl (C=O) groups is 1. The molecule has 0 radical (unpaired) electrons. The Balaban J connectivity index is 1.32. The van der Waals surface area contributed by atoms with E-state index in [0.29, 0.717) is 11.1 Å². The van der Waals surface area contributed by atoms with Gasteiger partial charge < -0.3 is 9.47 Å². The highest BCUT2D eigenvalue weighted by Gasteiger charge is 2.35. The minimum Gasteiger partial charge on any atom is -0.433 e. The van der Waals surface area contributed by atoms with Crippen molar-refractivity contribution in [2.24, 2.45) is 11.8 Å². The van der Waals surface area contributed by atoms with Crippen molar-refractivity contribution in [2.45, 2.75) is 10.8 Å². The van der Waals surface area contributed by atoms with Gasteiger partial charge in [0.1, 0.15) is 13.2 Å². The third kappa shape index (κ3) is 5.54. The highest BCUT2D eigenvalue weighted by Crippen LogP contribution is 2.38. The highest BCUT2D eigenvalue weighted by molar-refractivity contribution is 5.61. The van der Waals surface area contributed by atoms with Crippen LogP contribution in [0.2, 0.25) is 0 Å². The van der Waals surface area contributed by atoms with Gasteiger partial charge in [0.25, 0.3) is 11.4 Å². The molecular formula is C31H24N2O7. The quantitative estimate of drug-likeness (QED) is 0.142. The maximum Gasteiger partial charge on any atom is 0.508 e. The van der Waals surface area contributed by atoms with Gasteiger partial charge >= 0.3 is 6.16 Å².